The minimum Gasteiger partial charge on any atom is -0.463 e. The smallest absolute Gasteiger partial charge is 0.412 e. The Bertz CT molecular complexity index is 1070. The number of aromatic nitrogens is 1. The second-order valence-corrected chi connectivity index (χ2v) is 11.0. The van der Waals surface area contributed by atoms with Crippen molar-refractivity contribution < 1.29 is 31.1 Å². The minimum absolute atomic E-state index is 0.110. The Morgan fingerprint density at radius 2 is 1.94 bits per heavy atom. The summed E-state index contributed by atoms with van der Waals surface area (Å²) in [7, 11) is -2.22. The fourth-order valence-electron chi connectivity index (χ4n) is 3.12. The van der Waals surface area contributed by atoms with Crippen LogP contribution in [0.1, 0.15) is 37.8 Å². The zero-order chi connectivity index (χ0) is 25.7. The van der Waals surface area contributed by atoms with E-state index in [9.17, 15) is 26.4 Å². The van der Waals surface area contributed by atoms with Crippen LogP contribution < -0.4 is 4.90 Å². The van der Waals surface area contributed by atoms with Gasteiger partial charge in [-0.05, 0) is 39.3 Å². The van der Waals surface area contributed by atoms with Crippen LogP contribution in [-0.4, -0.2) is 62.6 Å². The molecule has 0 spiro atoms. The van der Waals surface area contributed by atoms with E-state index in [-0.39, 0.29) is 42.9 Å². The molecule has 0 aromatic carbocycles. The lowest BCUT2D eigenvalue weighted by Gasteiger charge is -2.24. The number of ether oxygens (including phenoxy) is 1. The third-order valence-corrected chi connectivity index (χ3v) is 8.25. The fraction of sp³-hybridized carbons (Fsp3) is 0.545. The maximum atomic E-state index is 13.1. The Morgan fingerprint density at radius 3 is 2.53 bits per heavy atom. The van der Waals surface area contributed by atoms with Gasteiger partial charge < -0.3 is 9.64 Å². The number of alkyl halides is 3. The van der Waals surface area contributed by atoms with Crippen molar-refractivity contribution in [1.82, 2.24) is 9.29 Å². The molecule has 0 amide bonds. The van der Waals surface area contributed by atoms with Crippen LogP contribution in [0.4, 0.5) is 18.3 Å². The molecule has 34 heavy (non-hydrogen) atoms. The first-order chi connectivity index (χ1) is 15.8. The molecule has 1 aromatic heterocycles. The van der Waals surface area contributed by atoms with Crippen LogP contribution in [-0.2, 0) is 26.0 Å². The summed E-state index contributed by atoms with van der Waals surface area (Å²) >= 11 is 1.33. The van der Waals surface area contributed by atoms with E-state index in [0.29, 0.717) is 17.4 Å². The third-order valence-electron chi connectivity index (χ3n) is 4.99. The first kappa shape index (κ1) is 28.1. The van der Waals surface area contributed by atoms with E-state index in [4.69, 9.17) is 4.74 Å². The van der Waals surface area contributed by atoms with E-state index < -0.39 is 21.8 Å². The van der Waals surface area contributed by atoms with Crippen LogP contribution in [0.25, 0.3) is 0 Å². The van der Waals surface area contributed by atoms with Crippen molar-refractivity contribution >= 4 is 32.5 Å². The molecule has 7 nitrogen and oxygen atoms in total. The van der Waals surface area contributed by atoms with Gasteiger partial charge in [-0.15, -0.1) is 11.3 Å². The second-order valence-electron chi connectivity index (χ2n) is 8.00. The zero-order valence-electron chi connectivity index (χ0n) is 19.8. The summed E-state index contributed by atoms with van der Waals surface area (Å²) in [5.41, 5.74) is -0.0996. The lowest BCUT2D eigenvalue weighted by atomic mass is 10.2. The molecule has 0 saturated heterocycles. The number of hydrogen-bond acceptors (Lipinski definition) is 7. The van der Waals surface area contributed by atoms with E-state index in [0.717, 1.165) is 17.0 Å². The van der Waals surface area contributed by atoms with E-state index in [2.05, 4.69) is 4.98 Å². The Kier molecular flexibility index (Phi) is 9.49. The summed E-state index contributed by atoms with van der Waals surface area (Å²) in [6, 6.07) is 0. The number of halogens is 3. The average Bonchev–Trinajstić information content (AvgIpc) is 2.91. The summed E-state index contributed by atoms with van der Waals surface area (Å²) in [5.74, 6) is -0.341. The van der Waals surface area contributed by atoms with Crippen LogP contribution in [0, 0.1) is 6.92 Å². The van der Waals surface area contributed by atoms with E-state index in [1.165, 1.54) is 27.8 Å². The number of hydrogen-bond donors (Lipinski definition) is 0. The van der Waals surface area contributed by atoms with Gasteiger partial charge in [-0.1, -0.05) is 19.1 Å². The van der Waals surface area contributed by atoms with Crippen LogP contribution in [0.2, 0.25) is 0 Å². The number of allylic oxidation sites excluding steroid dienone is 5. The van der Waals surface area contributed by atoms with Crippen LogP contribution in [0.15, 0.2) is 34.8 Å². The van der Waals surface area contributed by atoms with Gasteiger partial charge in [0.05, 0.1) is 23.1 Å². The molecule has 0 unspecified atom stereocenters. The molecular formula is C22H30F3N3O4S2. The number of aryl methyl sites for hydroxylation is 1. The molecule has 1 heterocycles. The number of esters is 1. The number of nitrogens with zero attached hydrogens (tertiary/aromatic N) is 3. The number of anilines is 1. The van der Waals surface area contributed by atoms with Crippen molar-refractivity contribution in [3.8, 4) is 0 Å². The quantitative estimate of drug-likeness (QED) is 0.426. The molecular weight excluding hydrogens is 491 g/mol. The highest BCUT2D eigenvalue weighted by Gasteiger charge is 2.33. The Morgan fingerprint density at radius 1 is 1.26 bits per heavy atom. The molecule has 0 saturated carbocycles. The van der Waals surface area contributed by atoms with Gasteiger partial charge >= 0.3 is 12.1 Å². The maximum Gasteiger partial charge on any atom is 0.412 e. The predicted molar refractivity (Wildman–Crippen MR) is 127 cm³/mol. The molecule has 0 bridgehead atoms. The maximum absolute atomic E-state index is 13.1. The molecule has 2 rings (SSSR count). The van der Waals surface area contributed by atoms with Gasteiger partial charge in [0.2, 0.25) is 10.0 Å². The summed E-state index contributed by atoms with van der Waals surface area (Å²) in [6.07, 6.45) is -0.757. The topological polar surface area (TPSA) is 79.8 Å². The number of carbonyl (C=O) groups excluding carboxylic acids is 1. The molecule has 1 aliphatic carbocycles. The van der Waals surface area contributed by atoms with Gasteiger partial charge in [0.25, 0.3) is 0 Å². The Labute approximate surface area is 202 Å². The molecule has 190 valence electrons. The first-order valence-electron chi connectivity index (χ1n) is 10.8. The van der Waals surface area contributed by atoms with Gasteiger partial charge in [0, 0.05) is 37.1 Å². The van der Waals surface area contributed by atoms with Gasteiger partial charge in [0.1, 0.15) is 0 Å². The lowest BCUT2D eigenvalue weighted by Crippen LogP contribution is -2.37. The largest absolute Gasteiger partial charge is 0.463 e. The van der Waals surface area contributed by atoms with Crippen molar-refractivity contribution in [2.24, 2.45) is 0 Å². The Balaban J connectivity index is 2.10. The number of likely N-dealkylation sites (N-methyl/N-ethyl adjacent to an activating group) is 2. The molecule has 12 heteroatoms. The Hall–Kier alpha value is -2.18. The molecule has 0 radical (unpaired) electrons. The standard InChI is InChI=1S/C22H30F3N3O4S2/c1-6-28(34(30,31)18-9-7-8-17(10-11-18)22(23,24)25)13-12-27(5)21-26-16(4)19(33-21)14-20(29)32-15(2)3/h7,9-11,15H,6,8,12-14H2,1-5H3. The molecule has 1 aliphatic rings. The SMILES string of the molecule is CCN(CCN(C)c1nc(C)c(CC(=O)OC(C)C)s1)S(=O)(=O)C1=CC=C(C(F)(F)F)CC=C1. The second kappa shape index (κ2) is 11.5. The van der Waals surface area contributed by atoms with Gasteiger partial charge in [-0.2, -0.15) is 17.5 Å². The summed E-state index contributed by atoms with van der Waals surface area (Å²) in [5, 5.41) is 0.629. The van der Waals surface area contributed by atoms with Crippen LogP contribution in [0.3, 0.4) is 0 Å². The summed E-state index contributed by atoms with van der Waals surface area (Å²) < 4.78 is 71.4. The number of thiazole rings is 1. The normalized spacial score (nSPS) is 14.8. The minimum atomic E-state index is -4.51. The monoisotopic (exact) mass is 521 g/mol. The van der Waals surface area contributed by atoms with Gasteiger partial charge in [-0.3, -0.25) is 4.79 Å². The third kappa shape index (κ3) is 7.41. The van der Waals surface area contributed by atoms with Crippen LogP contribution in [0.5, 0.6) is 0 Å². The van der Waals surface area contributed by atoms with Crippen molar-refractivity contribution in [1.29, 1.82) is 0 Å². The average molecular weight is 522 g/mol. The predicted octanol–water partition coefficient (Wildman–Crippen LogP) is 4.37. The van der Waals surface area contributed by atoms with Crippen molar-refractivity contribution in [3.63, 3.8) is 0 Å². The van der Waals surface area contributed by atoms with Gasteiger partial charge in [-0.25, -0.2) is 13.4 Å². The summed E-state index contributed by atoms with van der Waals surface area (Å²) in [4.78, 5) is 18.8. The zero-order valence-corrected chi connectivity index (χ0v) is 21.5. The van der Waals surface area contributed by atoms with E-state index in [1.54, 1.807) is 39.6 Å². The molecule has 0 aliphatic heterocycles. The number of rotatable bonds is 10. The van der Waals surface area contributed by atoms with E-state index >= 15 is 0 Å². The van der Waals surface area contributed by atoms with E-state index in [1.807, 2.05) is 0 Å². The number of carbonyl (C=O) groups is 1. The van der Waals surface area contributed by atoms with Crippen molar-refractivity contribution in [2.75, 3.05) is 31.6 Å². The van der Waals surface area contributed by atoms with Crippen LogP contribution >= 0.6 is 11.3 Å². The lowest BCUT2D eigenvalue weighted by molar-refractivity contribution is -0.146. The molecule has 0 fully saturated rings. The van der Waals surface area contributed by atoms with Crippen molar-refractivity contribution in [2.45, 2.75) is 52.8 Å². The van der Waals surface area contributed by atoms with Gasteiger partial charge in [0.15, 0.2) is 5.13 Å². The highest BCUT2D eigenvalue weighted by molar-refractivity contribution is 7.93. The molecule has 1 aromatic rings. The van der Waals surface area contributed by atoms with Crippen molar-refractivity contribution in [3.05, 3.63) is 45.4 Å². The fourth-order valence-corrected chi connectivity index (χ4v) is 5.62. The number of sulfonamides is 1. The highest BCUT2D eigenvalue weighted by atomic mass is 32.2. The molecule has 0 N–H and O–H groups in total. The highest BCUT2D eigenvalue weighted by Crippen LogP contribution is 2.31. The molecule has 0 atom stereocenters. The summed E-state index contributed by atoms with van der Waals surface area (Å²) in [6.45, 7) is 7.58. The first-order valence-corrected chi connectivity index (χ1v) is 13.0.